The van der Waals surface area contributed by atoms with Crippen LogP contribution in [0.1, 0.15) is 32.6 Å². The highest BCUT2D eigenvalue weighted by molar-refractivity contribution is 5.78. The van der Waals surface area contributed by atoms with Crippen molar-refractivity contribution in [3.63, 3.8) is 0 Å². The van der Waals surface area contributed by atoms with Crippen molar-refractivity contribution in [3.8, 4) is 0 Å². The fourth-order valence-corrected chi connectivity index (χ4v) is 1.62. The van der Waals surface area contributed by atoms with Crippen LogP contribution >= 0.6 is 0 Å². The monoisotopic (exact) mass is 186 g/mol. The van der Waals surface area contributed by atoms with Crippen LogP contribution in [-0.2, 0) is 9.53 Å². The molecule has 0 bridgehead atoms. The van der Waals surface area contributed by atoms with E-state index in [0.29, 0.717) is 0 Å². The molecule has 4 N–H and O–H groups in total. The number of carbonyl (C=O) groups excluding carboxylic acids is 1. The average Bonchev–Trinajstić information content (AvgIpc) is 2.08. The van der Waals surface area contributed by atoms with Gasteiger partial charge in [0.05, 0.1) is 6.10 Å². The van der Waals surface area contributed by atoms with Gasteiger partial charge in [0.1, 0.15) is 6.10 Å². The van der Waals surface area contributed by atoms with E-state index in [1.54, 1.807) is 6.92 Å². The molecule has 3 atom stereocenters. The van der Waals surface area contributed by atoms with Crippen LogP contribution < -0.4 is 11.5 Å². The molecule has 0 aliphatic heterocycles. The highest BCUT2D eigenvalue weighted by Gasteiger charge is 2.25. The van der Waals surface area contributed by atoms with Crippen LogP contribution in [0.15, 0.2) is 0 Å². The SMILES string of the molecule is CC(OC1CCCCC1N)C(N)=O. The molecule has 1 rings (SSSR count). The summed E-state index contributed by atoms with van der Waals surface area (Å²) in [7, 11) is 0. The molecule has 1 saturated carbocycles. The van der Waals surface area contributed by atoms with Gasteiger partial charge < -0.3 is 16.2 Å². The third-order valence-corrected chi connectivity index (χ3v) is 2.53. The molecule has 0 aromatic rings. The summed E-state index contributed by atoms with van der Waals surface area (Å²) in [6, 6.07) is 0.0653. The number of primary amides is 1. The van der Waals surface area contributed by atoms with Crippen LogP contribution in [0.2, 0.25) is 0 Å². The van der Waals surface area contributed by atoms with Gasteiger partial charge >= 0.3 is 0 Å². The van der Waals surface area contributed by atoms with E-state index in [2.05, 4.69) is 0 Å². The third-order valence-electron chi connectivity index (χ3n) is 2.53. The van der Waals surface area contributed by atoms with Gasteiger partial charge in [-0.15, -0.1) is 0 Å². The molecule has 0 aromatic heterocycles. The molecule has 0 aromatic carbocycles. The summed E-state index contributed by atoms with van der Waals surface area (Å²) in [6.45, 7) is 1.67. The van der Waals surface area contributed by atoms with E-state index in [1.807, 2.05) is 0 Å². The summed E-state index contributed by atoms with van der Waals surface area (Å²) in [6.07, 6.45) is 3.70. The first kappa shape index (κ1) is 10.5. The maximum atomic E-state index is 10.7. The van der Waals surface area contributed by atoms with Gasteiger partial charge in [-0.1, -0.05) is 12.8 Å². The summed E-state index contributed by atoms with van der Waals surface area (Å²) in [4.78, 5) is 10.7. The third kappa shape index (κ3) is 2.97. The van der Waals surface area contributed by atoms with Crippen LogP contribution in [0.4, 0.5) is 0 Å². The predicted octanol–water partition coefficient (Wildman–Crippen LogP) is 0.147. The van der Waals surface area contributed by atoms with Crippen molar-refractivity contribution in [1.82, 2.24) is 0 Å². The summed E-state index contributed by atoms with van der Waals surface area (Å²) >= 11 is 0. The van der Waals surface area contributed by atoms with Crippen LogP contribution in [-0.4, -0.2) is 24.2 Å². The highest BCUT2D eigenvalue weighted by atomic mass is 16.5. The van der Waals surface area contributed by atoms with Gasteiger partial charge in [-0.25, -0.2) is 0 Å². The standard InChI is InChI=1S/C9H18N2O2/c1-6(9(11)12)13-8-5-3-2-4-7(8)10/h6-8H,2-5,10H2,1H3,(H2,11,12). The number of carbonyl (C=O) groups is 1. The molecule has 76 valence electrons. The lowest BCUT2D eigenvalue weighted by Gasteiger charge is -2.30. The minimum atomic E-state index is -0.519. The Hall–Kier alpha value is -0.610. The first-order valence-electron chi connectivity index (χ1n) is 4.81. The van der Waals surface area contributed by atoms with Crippen molar-refractivity contribution < 1.29 is 9.53 Å². The van der Waals surface area contributed by atoms with E-state index in [-0.39, 0.29) is 12.1 Å². The van der Waals surface area contributed by atoms with Gasteiger partial charge in [0.2, 0.25) is 5.91 Å². The fraction of sp³-hybridized carbons (Fsp3) is 0.889. The van der Waals surface area contributed by atoms with Gasteiger partial charge in [0, 0.05) is 6.04 Å². The molecule has 0 radical (unpaired) electrons. The van der Waals surface area contributed by atoms with E-state index in [9.17, 15) is 4.79 Å². The summed E-state index contributed by atoms with van der Waals surface area (Å²) in [5.41, 5.74) is 10.9. The van der Waals surface area contributed by atoms with Crippen molar-refractivity contribution in [2.24, 2.45) is 11.5 Å². The zero-order chi connectivity index (χ0) is 9.84. The van der Waals surface area contributed by atoms with E-state index >= 15 is 0 Å². The number of hydrogen-bond acceptors (Lipinski definition) is 3. The van der Waals surface area contributed by atoms with Crippen LogP contribution in [0.3, 0.4) is 0 Å². The van der Waals surface area contributed by atoms with E-state index in [0.717, 1.165) is 25.7 Å². The molecule has 1 aliphatic carbocycles. The van der Waals surface area contributed by atoms with Gasteiger partial charge in [0.15, 0.2) is 0 Å². The van der Waals surface area contributed by atoms with Crippen LogP contribution in [0.5, 0.6) is 0 Å². The molecule has 4 heteroatoms. The number of nitrogens with two attached hydrogens (primary N) is 2. The number of ether oxygens (including phenoxy) is 1. The largest absolute Gasteiger partial charge is 0.367 e. The fourth-order valence-electron chi connectivity index (χ4n) is 1.62. The Kier molecular flexibility index (Phi) is 3.69. The van der Waals surface area contributed by atoms with Crippen molar-refractivity contribution in [1.29, 1.82) is 0 Å². The normalized spacial score (nSPS) is 31.2. The summed E-state index contributed by atoms with van der Waals surface area (Å²) < 4.78 is 5.47. The van der Waals surface area contributed by atoms with Crippen molar-refractivity contribution in [3.05, 3.63) is 0 Å². The molecule has 4 nitrogen and oxygen atoms in total. The molecule has 1 aliphatic rings. The predicted molar refractivity (Wildman–Crippen MR) is 50.0 cm³/mol. The van der Waals surface area contributed by atoms with Gasteiger partial charge in [-0.05, 0) is 19.8 Å². The summed E-state index contributed by atoms with van der Waals surface area (Å²) in [5.74, 6) is -0.419. The minimum Gasteiger partial charge on any atom is -0.367 e. The lowest BCUT2D eigenvalue weighted by molar-refractivity contribution is -0.133. The Bertz CT molecular complexity index is 184. The molecule has 0 heterocycles. The summed E-state index contributed by atoms with van der Waals surface area (Å²) in [5, 5.41) is 0. The molecular weight excluding hydrogens is 168 g/mol. The maximum Gasteiger partial charge on any atom is 0.246 e. The second kappa shape index (κ2) is 4.58. The molecular formula is C9H18N2O2. The van der Waals surface area contributed by atoms with Gasteiger partial charge in [-0.2, -0.15) is 0 Å². The molecule has 1 amide bonds. The molecule has 13 heavy (non-hydrogen) atoms. The van der Waals surface area contributed by atoms with Gasteiger partial charge in [0.25, 0.3) is 0 Å². The van der Waals surface area contributed by atoms with E-state index < -0.39 is 12.0 Å². The Labute approximate surface area is 78.6 Å². The number of hydrogen-bond donors (Lipinski definition) is 2. The highest BCUT2D eigenvalue weighted by Crippen LogP contribution is 2.20. The lowest BCUT2D eigenvalue weighted by Crippen LogP contribution is -2.43. The Morgan fingerprint density at radius 2 is 2.08 bits per heavy atom. The Morgan fingerprint density at radius 1 is 1.46 bits per heavy atom. The molecule has 0 saturated heterocycles. The van der Waals surface area contributed by atoms with Crippen LogP contribution in [0.25, 0.3) is 0 Å². The second-order valence-corrected chi connectivity index (χ2v) is 3.67. The first-order chi connectivity index (χ1) is 6.11. The Balaban J connectivity index is 2.37. The topological polar surface area (TPSA) is 78.3 Å². The molecule has 3 unspecified atom stereocenters. The number of amides is 1. The van der Waals surface area contributed by atoms with Crippen LogP contribution in [0, 0.1) is 0 Å². The zero-order valence-corrected chi connectivity index (χ0v) is 8.03. The molecule has 1 fully saturated rings. The second-order valence-electron chi connectivity index (χ2n) is 3.67. The Morgan fingerprint density at radius 3 is 2.62 bits per heavy atom. The quantitative estimate of drug-likeness (QED) is 0.658. The van der Waals surface area contributed by atoms with Crippen molar-refractivity contribution in [2.45, 2.75) is 50.9 Å². The minimum absolute atomic E-state index is 0.0104. The van der Waals surface area contributed by atoms with Crippen molar-refractivity contribution in [2.75, 3.05) is 0 Å². The van der Waals surface area contributed by atoms with Gasteiger partial charge in [-0.3, -0.25) is 4.79 Å². The zero-order valence-electron chi connectivity index (χ0n) is 8.03. The van der Waals surface area contributed by atoms with E-state index in [1.165, 1.54) is 0 Å². The maximum absolute atomic E-state index is 10.7. The molecule has 0 spiro atoms. The average molecular weight is 186 g/mol. The van der Waals surface area contributed by atoms with Crippen molar-refractivity contribution >= 4 is 5.91 Å². The smallest absolute Gasteiger partial charge is 0.246 e. The van der Waals surface area contributed by atoms with E-state index in [4.69, 9.17) is 16.2 Å². The number of rotatable bonds is 3. The first-order valence-corrected chi connectivity index (χ1v) is 4.81. The lowest BCUT2D eigenvalue weighted by atomic mass is 9.93.